The molecule has 0 aliphatic carbocycles. The van der Waals surface area contributed by atoms with Crippen molar-refractivity contribution in [3.8, 4) is 23.1 Å². The molecule has 2 aromatic carbocycles. The van der Waals surface area contributed by atoms with Crippen molar-refractivity contribution >= 4 is 43.3 Å². The molecule has 15 nitrogen and oxygen atoms in total. The van der Waals surface area contributed by atoms with Crippen molar-refractivity contribution in [2.24, 2.45) is 0 Å². The largest absolute Gasteiger partial charge is 0.496 e. The maximum absolute atomic E-state index is 13.1. The van der Waals surface area contributed by atoms with Gasteiger partial charge in [0.2, 0.25) is 11.8 Å². The van der Waals surface area contributed by atoms with Crippen molar-refractivity contribution in [1.29, 1.82) is 0 Å². The highest BCUT2D eigenvalue weighted by Gasteiger charge is 2.24. The zero-order valence-electron chi connectivity index (χ0n) is 23.1. The van der Waals surface area contributed by atoms with Crippen LogP contribution < -0.4 is 29.4 Å². The number of para-hydroxylation sites is 2. The molecular formula is C27H28N5O10P. The van der Waals surface area contributed by atoms with Crippen molar-refractivity contribution in [1.82, 2.24) is 25.5 Å². The second kappa shape index (κ2) is 14.4. The Hall–Kier alpha value is -4.85. The fourth-order valence-corrected chi connectivity index (χ4v) is 4.33. The number of methoxy groups -OCH3 is 2. The van der Waals surface area contributed by atoms with Crippen LogP contribution in [0.3, 0.4) is 0 Å². The molecular weight excluding hydrogens is 585 g/mol. The number of nitrogens with zero attached hydrogens (tertiary/aromatic N) is 3. The lowest BCUT2D eigenvalue weighted by atomic mass is 10.1. The average Bonchev–Trinajstić information content (AvgIpc) is 3.32. The Balaban J connectivity index is 1.42. The van der Waals surface area contributed by atoms with Gasteiger partial charge in [-0.05, 0) is 12.1 Å². The second-order valence-electron chi connectivity index (χ2n) is 8.82. The van der Waals surface area contributed by atoms with Gasteiger partial charge < -0.3 is 39.2 Å². The number of rotatable bonds is 14. The highest BCUT2D eigenvalue weighted by atomic mass is 31.2. The number of benzene rings is 2. The normalized spacial score (nSPS) is 12.5. The Labute approximate surface area is 246 Å². The molecule has 16 heteroatoms. The smallest absolute Gasteiger partial charge is 0.391 e. The van der Waals surface area contributed by atoms with Gasteiger partial charge in [-0.15, -0.1) is 0 Å². The summed E-state index contributed by atoms with van der Waals surface area (Å²) >= 11 is 0. The van der Waals surface area contributed by atoms with E-state index in [0.29, 0.717) is 16.6 Å². The van der Waals surface area contributed by atoms with Crippen LogP contribution in [-0.2, 0) is 21.0 Å². The Morgan fingerprint density at radius 1 is 0.930 bits per heavy atom. The van der Waals surface area contributed by atoms with Crippen molar-refractivity contribution in [2.45, 2.75) is 13.0 Å². The number of carbonyl (C=O) groups excluding carboxylic acids is 4. The first-order chi connectivity index (χ1) is 20.7. The van der Waals surface area contributed by atoms with Gasteiger partial charge in [-0.3, -0.25) is 24.1 Å². The molecule has 43 heavy (non-hydrogen) atoms. The molecule has 1 aromatic heterocycles. The van der Waals surface area contributed by atoms with Crippen LogP contribution in [0.4, 0.5) is 0 Å². The summed E-state index contributed by atoms with van der Waals surface area (Å²) < 4.78 is 21.7. The number of aromatic nitrogens is 2. The lowest BCUT2D eigenvalue weighted by molar-refractivity contribution is -0.137. The minimum absolute atomic E-state index is 0.0447. The van der Waals surface area contributed by atoms with Gasteiger partial charge in [-0.2, -0.15) is 0 Å². The fraction of sp³-hybridized carbons (Fsp3) is 0.259. The molecule has 0 unspecified atom stereocenters. The number of hydrogen-bond donors (Lipinski definition) is 4. The summed E-state index contributed by atoms with van der Waals surface area (Å²) in [6.45, 7) is -0.0933. The Kier molecular flexibility index (Phi) is 10.4. The van der Waals surface area contributed by atoms with E-state index >= 15 is 0 Å². The molecule has 4 amide bonds. The van der Waals surface area contributed by atoms with Crippen molar-refractivity contribution < 1.29 is 47.7 Å². The van der Waals surface area contributed by atoms with Crippen molar-refractivity contribution in [2.75, 3.05) is 33.9 Å². The van der Waals surface area contributed by atoms with Crippen LogP contribution in [0.1, 0.15) is 22.5 Å². The van der Waals surface area contributed by atoms with Crippen molar-refractivity contribution in [3.63, 3.8) is 0 Å². The molecule has 0 saturated carbocycles. The summed E-state index contributed by atoms with van der Waals surface area (Å²) in [4.78, 5) is 76.7. The zero-order chi connectivity index (χ0) is 30.9. The number of amides is 4. The van der Waals surface area contributed by atoms with Gasteiger partial charge >= 0.3 is 8.60 Å². The summed E-state index contributed by atoms with van der Waals surface area (Å²) in [5, 5.41) is 5.28. The number of nitrogens with one attached hydrogen (secondary N) is 2. The van der Waals surface area contributed by atoms with Crippen LogP contribution in [0.5, 0.6) is 23.1 Å². The van der Waals surface area contributed by atoms with Gasteiger partial charge in [0.05, 0.1) is 30.8 Å². The third-order valence-electron chi connectivity index (χ3n) is 6.07. The highest BCUT2D eigenvalue weighted by Crippen LogP contribution is 2.39. The highest BCUT2D eigenvalue weighted by molar-refractivity contribution is 7.39. The summed E-state index contributed by atoms with van der Waals surface area (Å²) in [6.07, 6.45) is 2.21. The summed E-state index contributed by atoms with van der Waals surface area (Å²) in [5.74, 6) is -1.40. The predicted octanol–water partition coefficient (Wildman–Crippen LogP) is 0.977. The maximum atomic E-state index is 13.1. The quantitative estimate of drug-likeness (QED) is 0.114. The molecule has 3 aromatic rings. The first-order valence-electron chi connectivity index (χ1n) is 12.8. The van der Waals surface area contributed by atoms with Crippen LogP contribution in [-0.4, -0.2) is 82.1 Å². The molecule has 1 aliphatic rings. The van der Waals surface area contributed by atoms with Crippen LogP contribution in [0.2, 0.25) is 0 Å². The SMILES string of the molecule is COc1cc(OP(O)O)cc(OC)c1COc1nc2ccccc2nc1C(=O)NCCNC(=O)CCN1C(=O)C=CC1=O. The lowest BCUT2D eigenvalue weighted by Gasteiger charge is -2.17. The van der Waals surface area contributed by atoms with Gasteiger partial charge in [-0.25, -0.2) is 9.97 Å². The topological polar surface area (TPSA) is 199 Å². The summed E-state index contributed by atoms with van der Waals surface area (Å²) in [7, 11) is 0.135. The van der Waals surface area contributed by atoms with E-state index in [4.69, 9.17) is 18.7 Å². The average molecular weight is 614 g/mol. The Morgan fingerprint density at radius 3 is 2.14 bits per heavy atom. The van der Waals surface area contributed by atoms with Crippen LogP contribution >= 0.6 is 8.60 Å². The molecule has 2 heterocycles. The fourth-order valence-electron chi connectivity index (χ4n) is 4.04. The first kappa shape index (κ1) is 31.1. The lowest BCUT2D eigenvalue weighted by Crippen LogP contribution is -2.38. The van der Waals surface area contributed by atoms with Gasteiger partial charge in [0, 0.05) is 50.3 Å². The van der Waals surface area contributed by atoms with Crippen LogP contribution in [0.25, 0.3) is 11.0 Å². The van der Waals surface area contributed by atoms with E-state index in [2.05, 4.69) is 20.6 Å². The molecule has 0 bridgehead atoms. The molecule has 226 valence electrons. The third-order valence-corrected chi connectivity index (χ3v) is 6.45. The first-order valence-corrected chi connectivity index (χ1v) is 14.0. The van der Waals surface area contributed by atoms with Gasteiger partial charge in [0.1, 0.15) is 23.9 Å². The molecule has 0 atom stereocenters. The van der Waals surface area contributed by atoms with Gasteiger partial charge in [0.25, 0.3) is 17.7 Å². The molecule has 0 saturated heterocycles. The summed E-state index contributed by atoms with van der Waals surface area (Å²) in [5.41, 5.74) is 1.26. The van der Waals surface area contributed by atoms with E-state index in [9.17, 15) is 29.0 Å². The van der Waals surface area contributed by atoms with E-state index in [1.165, 1.54) is 26.4 Å². The number of fused-ring (bicyclic) bond motifs is 1. The van der Waals surface area contributed by atoms with E-state index in [-0.39, 0.29) is 61.5 Å². The molecule has 4 rings (SSSR count). The monoisotopic (exact) mass is 613 g/mol. The molecule has 0 radical (unpaired) electrons. The number of ether oxygens (including phenoxy) is 3. The number of hydrogen-bond acceptors (Lipinski definition) is 12. The van der Waals surface area contributed by atoms with E-state index in [1.807, 2.05) is 0 Å². The van der Waals surface area contributed by atoms with Gasteiger partial charge in [-0.1, -0.05) is 12.1 Å². The molecule has 1 aliphatic heterocycles. The minimum Gasteiger partial charge on any atom is -0.496 e. The van der Waals surface area contributed by atoms with Crippen molar-refractivity contribution in [3.05, 3.63) is 59.8 Å². The molecule has 0 spiro atoms. The van der Waals surface area contributed by atoms with E-state index in [1.54, 1.807) is 24.3 Å². The van der Waals surface area contributed by atoms with Crippen LogP contribution in [0.15, 0.2) is 48.6 Å². The second-order valence-corrected chi connectivity index (χ2v) is 9.51. The zero-order valence-corrected chi connectivity index (χ0v) is 24.0. The number of carbonyl (C=O) groups is 4. The predicted molar refractivity (Wildman–Crippen MR) is 151 cm³/mol. The van der Waals surface area contributed by atoms with Crippen LogP contribution in [0, 0.1) is 0 Å². The molecule has 4 N–H and O–H groups in total. The number of imide groups is 1. The summed E-state index contributed by atoms with van der Waals surface area (Å²) in [6, 6.07) is 9.76. The third kappa shape index (κ3) is 7.92. The minimum atomic E-state index is -2.67. The standard InChI is InChI=1S/C27H28N5O10P/c1-39-20-13-16(42-43(37)38)14-21(40-2)17(20)15-41-27-25(30-18-5-3-4-6-19(18)31-27)26(36)29-11-10-28-22(33)9-12-32-23(34)7-8-24(32)35/h3-8,13-14,37-38H,9-12,15H2,1-2H3,(H,28,33)(H,29,36). The Bertz CT molecular complexity index is 1520. The van der Waals surface area contributed by atoms with E-state index < -0.39 is 32.2 Å². The molecule has 0 fully saturated rings. The Morgan fingerprint density at radius 2 is 1.53 bits per heavy atom. The maximum Gasteiger partial charge on any atom is 0.391 e. The van der Waals surface area contributed by atoms with Gasteiger partial charge in [0.15, 0.2) is 5.69 Å². The van der Waals surface area contributed by atoms with E-state index in [0.717, 1.165) is 17.1 Å².